The van der Waals surface area contributed by atoms with Gasteiger partial charge in [0.05, 0.1) is 42.0 Å². The Labute approximate surface area is 160 Å². The zero-order valence-electron chi connectivity index (χ0n) is 13.9. The van der Waals surface area contributed by atoms with Crippen LogP contribution in [-0.4, -0.2) is 36.4 Å². The third-order valence-electron chi connectivity index (χ3n) is 3.80. The van der Waals surface area contributed by atoms with Crippen LogP contribution in [0.4, 0.5) is 0 Å². The summed E-state index contributed by atoms with van der Waals surface area (Å²) in [6.45, 7) is 1.17. The van der Waals surface area contributed by atoms with E-state index in [1.807, 2.05) is 0 Å². The van der Waals surface area contributed by atoms with Crippen molar-refractivity contribution in [3.05, 3.63) is 45.8 Å². The minimum atomic E-state index is -0.0699. The molecule has 3 rings (SSSR count). The molecule has 0 radical (unpaired) electrons. The lowest BCUT2D eigenvalue weighted by Crippen LogP contribution is -2.16. The molecule has 1 aliphatic heterocycles. The van der Waals surface area contributed by atoms with Crippen molar-refractivity contribution in [3.63, 3.8) is 0 Å². The molecular weight excluding hydrogens is 377 g/mol. The van der Waals surface area contributed by atoms with Gasteiger partial charge in [0, 0.05) is 36.1 Å². The van der Waals surface area contributed by atoms with Gasteiger partial charge in [-0.15, -0.1) is 0 Å². The van der Waals surface area contributed by atoms with Gasteiger partial charge in [0.2, 0.25) is 0 Å². The largest absolute Gasteiger partial charge is 0.482 e. The van der Waals surface area contributed by atoms with Gasteiger partial charge < -0.3 is 14.2 Å². The third-order valence-corrected chi connectivity index (χ3v) is 4.41. The lowest BCUT2D eigenvalue weighted by Gasteiger charge is -2.15. The Balaban J connectivity index is 1.98. The molecule has 0 saturated carbocycles. The number of hydrogen-bond donors (Lipinski definition) is 0. The van der Waals surface area contributed by atoms with Crippen LogP contribution in [0.2, 0.25) is 10.0 Å². The monoisotopic (exact) mass is 391 g/mol. The minimum Gasteiger partial charge on any atom is -0.482 e. The van der Waals surface area contributed by atoms with Gasteiger partial charge in [0.15, 0.2) is 5.75 Å². The number of rotatable bonds is 5. The van der Waals surface area contributed by atoms with E-state index in [0.717, 1.165) is 6.42 Å². The van der Waals surface area contributed by atoms with E-state index in [9.17, 15) is 5.26 Å². The van der Waals surface area contributed by atoms with E-state index < -0.39 is 0 Å². The van der Waals surface area contributed by atoms with Crippen molar-refractivity contribution in [2.75, 3.05) is 20.3 Å². The molecule has 0 aromatic carbocycles. The lowest BCUT2D eigenvalue weighted by atomic mass is 10.1. The minimum absolute atomic E-state index is 0.0699. The van der Waals surface area contributed by atoms with E-state index in [2.05, 4.69) is 16.0 Å². The molecule has 1 atom stereocenters. The number of aromatic nitrogens is 2. The molecule has 1 aliphatic rings. The normalized spacial score (nSPS) is 17.0. The molecule has 0 amide bonds. The maximum absolute atomic E-state index is 9.58. The van der Waals surface area contributed by atoms with Gasteiger partial charge >= 0.3 is 0 Å². The highest BCUT2D eigenvalue weighted by atomic mass is 35.5. The number of allylic oxidation sites excluding steroid dienone is 1. The Bertz CT molecular complexity index is 854. The van der Waals surface area contributed by atoms with Crippen molar-refractivity contribution in [3.8, 4) is 17.7 Å². The summed E-state index contributed by atoms with van der Waals surface area (Å²) in [5.41, 5.74) is 1.41. The van der Waals surface area contributed by atoms with Gasteiger partial charge in [0.25, 0.3) is 5.88 Å². The fourth-order valence-electron chi connectivity index (χ4n) is 2.49. The summed E-state index contributed by atoms with van der Waals surface area (Å²) in [4.78, 5) is 8.14. The van der Waals surface area contributed by atoms with Crippen LogP contribution < -0.4 is 9.47 Å². The summed E-state index contributed by atoms with van der Waals surface area (Å²) in [5, 5.41) is 10.3. The van der Waals surface area contributed by atoms with Crippen molar-refractivity contribution in [2.45, 2.75) is 12.5 Å². The summed E-state index contributed by atoms with van der Waals surface area (Å²) in [6, 6.07) is 3.85. The van der Waals surface area contributed by atoms with Crippen LogP contribution in [0.3, 0.4) is 0 Å². The average molecular weight is 392 g/mol. The summed E-state index contributed by atoms with van der Waals surface area (Å²) >= 11 is 12.3. The molecule has 2 aromatic heterocycles. The highest BCUT2D eigenvalue weighted by molar-refractivity contribution is 6.37. The second kappa shape index (κ2) is 8.37. The van der Waals surface area contributed by atoms with Crippen molar-refractivity contribution >= 4 is 34.9 Å². The molecule has 0 N–H and O–H groups in total. The Hall–Kier alpha value is -2.33. The fraction of sp³-hybridized carbons (Fsp3) is 0.278. The highest BCUT2D eigenvalue weighted by Gasteiger charge is 2.20. The summed E-state index contributed by atoms with van der Waals surface area (Å²) in [5.74, 6) is 0.798. The fourth-order valence-corrected chi connectivity index (χ4v) is 2.96. The first kappa shape index (κ1) is 18.5. The Morgan fingerprint density at radius 2 is 2.12 bits per heavy atom. The van der Waals surface area contributed by atoms with Gasteiger partial charge in [0.1, 0.15) is 6.10 Å². The highest BCUT2D eigenvalue weighted by Crippen LogP contribution is 2.32. The number of ether oxygens (including phenoxy) is 3. The number of pyridine rings is 2. The molecule has 8 heteroatoms. The third kappa shape index (κ3) is 4.07. The van der Waals surface area contributed by atoms with Crippen LogP contribution in [0.1, 0.15) is 17.5 Å². The van der Waals surface area contributed by atoms with Crippen molar-refractivity contribution in [1.82, 2.24) is 9.97 Å². The zero-order valence-corrected chi connectivity index (χ0v) is 15.4. The van der Waals surface area contributed by atoms with E-state index in [1.165, 1.54) is 25.7 Å². The summed E-state index contributed by atoms with van der Waals surface area (Å²) < 4.78 is 16.5. The van der Waals surface area contributed by atoms with Crippen LogP contribution in [0.15, 0.2) is 24.7 Å². The Morgan fingerprint density at radius 1 is 1.35 bits per heavy atom. The molecule has 1 fully saturated rings. The standard InChI is InChI=1S/C18H15Cl2N3O3/c1-24-18-17(26-13-2-3-25-10-13)5-12(7-23-18)11(6-21)4-14-15(19)8-22-9-16(14)20/h4-5,7-9,13H,2-3,10H2,1H3. The van der Waals surface area contributed by atoms with E-state index in [4.69, 9.17) is 37.4 Å². The maximum atomic E-state index is 9.58. The van der Waals surface area contributed by atoms with Gasteiger partial charge in [-0.05, 0) is 12.1 Å². The van der Waals surface area contributed by atoms with Crippen molar-refractivity contribution in [2.24, 2.45) is 0 Å². The molecular formula is C18H15Cl2N3O3. The predicted molar refractivity (Wildman–Crippen MR) is 98.4 cm³/mol. The van der Waals surface area contributed by atoms with Crippen LogP contribution in [0.25, 0.3) is 11.6 Å². The van der Waals surface area contributed by atoms with Crippen molar-refractivity contribution < 1.29 is 14.2 Å². The van der Waals surface area contributed by atoms with Crippen molar-refractivity contribution in [1.29, 1.82) is 5.26 Å². The number of methoxy groups -OCH3 is 1. The first-order valence-corrected chi connectivity index (χ1v) is 8.57. The molecule has 26 heavy (non-hydrogen) atoms. The maximum Gasteiger partial charge on any atom is 0.256 e. The first-order valence-electron chi connectivity index (χ1n) is 7.82. The molecule has 3 heterocycles. The Kier molecular flexibility index (Phi) is 5.94. The van der Waals surface area contributed by atoms with Crippen LogP contribution >= 0.6 is 23.2 Å². The Morgan fingerprint density at radius 3 is 2.73 bits per heavy atom. The molecule has 2 aromatic rings. The quantitative estimate of drug-likeness (QED) is 0.716. The summed E-state index contributed by atoms with van der Waals surface area (Å²) in [7, 11) is 1.51. The van der Waals surface area contributed by atoms with Gasteiger partial charge in [-0.1, -0.05) is 23.2 Å². The van der Waals surface area contributed by atoms with E-state index in [0.29, 0.717) is 51.6 Å². The second-order valence-corrected chi connectivity index (χ2v) is 6.34. The van der Waals surface area contributed by atoms with Crippen LogP contribution in [0, 0.1) is 11.3 Å². The first-order chi connectivity index (χ1) is 12.6. The number of nitrogens with zero attached hydrogens (tertiary/aromatic N) is 3. The van der Waals surface area contributed by atoms with E-state index in [-0.39, 0.29) is 6.10 Å². The summed E-state index contributed by atoms with van der Waals surface area (Å²) in [6.07, 6.45) is 6.79. The topological polar surface area (TPSA) is 77.3 Å². The number of halogens is 2. The van der Waals surface area contributed by atoms with Gasteiger partial charge in [-0.25, -0.2) is 4.98 Å². The van der Waals surface area contributed by atoms with Crippen LogP contribution in [0.5, 0.6) is 11.6 Å². The van der Waals surface area contributed by atoms with E-state index >= 15 is 0 Å². The molecule has 6 nitrogen and oxygen atoms in total. The smallest absolute Gasteiger partial charge is 0.256 e. The van der Waals surface area contributed by atoms with Crippen LogP contribution in [-0.2, 0) is 4.74 Å². The lowest BCUT2D eigenvalue weighted by molar-refractivity contribution is 0.138. The molecule has 134 valence electrons. The average Bonchev–Trinajstić information content (AvgIpc) is 3.15. The van der Waals surface area contributed by atoms with E-state index in [1.54, 1.807) is 12.1 Å². The number of hydrogen-bond acceptors (Lipinski definition) is 6. The molecule has 0 bridgehead atoms. The molecule has 0 aliphatic carbocycles. The molecule has 1 unspecified atom stereocenters. The number of nitriles is 1. The van der Waals surface area contributed by atoms with Gasteiger partial charge in [-0.3, -0.25) is 4.98 Å². The molecule has 1 saturated heterocycles. The molecule has 0 spiro atoms. The SMILES string of the molecule is COc1ncc(C(C#N)=Cc2c(Cl)cncc2Cl)cc1OC1CCOC1. The zero-order chi connectivity index (χ0) is 18.5. The predicted octanol–water partition coefficient (Wildman–Crippen LogP) is 4.02. The second-order valence-electron chi connectivity index (χ2n) is 5.52. The van der Waals surface area contributed by atoms with Gasteiger partial charge in [-0.2, -0.15) is 5.26 Å².